The monoisotopic (exact) mass is 352 g/mol. The molecule has 0 unspecified atom stereocenters. The number of hydrogen-bond acceptors (Lipinski definition) is 3. The summed E-state index contributed by atoms with van der Waals surface area (Å²) < 4.78 is 2.81. The van der Waals surface area contributed by atoms with E-state index < -0.39 is 5.41 Å². The predicted octanol–water partition coefficient (Wildman–Crippen LogP) is 2.21. The first-order valence-electron chi connectivity index (χ1n) is 7.04. The number of aliphatic hydroxyl groups excluding tert-OH is 2. The smallest absolute Gasteiger partial charge is 0.0624 e. The minimum absolute atomic E-state index is 0.113. The highest BCUT2D eigenvalue weighted by Gasteiger charge is 2.32. The van der Waals surface area contributed by atoms with Gasteiger partial charge in [0.25, 0.3) is 0 Å². The van der Waals surface area contributed by atoms with E-state index in [1.54, 1.807) is 0 Å². The number of aromatic nitrogens is 2. The molecule has 1 aromatic carbocycles. The number of rotatable bonds is 6. The van der Waals surface area contributed by atoms with Crippen LogP contribution >= 0.6 is 15.9 Å². The number of halogens is 1. The van der Waals surface area contributed by atoms with Crippen molar-refractivity contribution in [3.8, 4) is 0 Å². The first-order chi connectivity index (χ1) is 10.0. The molecular weight excluding hydrogens is 332 g/mol. The SMILES string of the molecule is CCc1cc(CC(CO)(CO)c2ccc(Br)cc2)n(C)n1. The molecular formula is C16H21BrN2O2. The van der Waals surface area contributed by atoms with Crippen LogP contribution in [0, 0.1) is 0 Å². The Morgan fingerprint density at radius 1 is 1.19 bits per heavy atom. The molecule has 1 aromatic heterocycles. The van der Waals surface area contributed by atoms with E-state index in [-0.39, 0.29) is 13.2 Å². The maximum atomic E-state index is 9.91. The lowest BCUT2D eigenvalue weighted by Crippen LogP contribution is -2.37. The fourth-order valence-corrected chi connectivity index (χ4v) is 2.77. The third-order valence-electron chi connectivity index (χ3n) is 3.97. The highest BCUT2D eigenvalue weighted by atomic mass is 79.9. The van der Waals surface area contributed by atoms with E-state index in [0.717, 1.165) is 27.8 Å². The quantitative estimate of drug-likeness (QED) is 0.837. The summed E-state index contributed by atoms with van der Waals surface area (Å²) in [5.74, 6) is 0. The molecule has 114 valence electrons. The topological polar surface area (TPSA) is 58.3 Å². The van der Waals surface area contributed by atoms with Crippen molar-refractivity contribution in [1.82, 2.24) is 9.78 Å². The van der Waals surface area contributed by atoms with Gasteiger partial charge in [0, 0.05) is 29.1 Å². The van der Waals surface area contributed by atoms with Crippen LogP contribution in [0.1, 0.15) is 23.9 Å². The molecule has 0 saturated heterocycles. The van der Waals surface area contributed by atoms with Crippen molar-refractivity contribution in [2.45, 2.75) is 25.2 Å². The molecule has 0 aliphatic carbocycles. The second-order valence-corrected chi connectivity index (χ2v) is 6.30. The van der Waals surface area contributed by atoms with Crippen molar-refractivity contribution in [2.24, 2.45) is 7.05 Å². The summed E-state index contributed by atoms with van der Waals surface area (Å²) in [6, 6.07) is 9.77. The van der Waals surface area contributed by atoms with Crippen LogP contribution in [0.5, 0.6) is 0 Å². The zero-order valence-electron chi connectivity index (χ0n) is 12.4. The Morgan fingerprint density at radius 2 is 1.81 bits per heavy atom. The van der Waals surface area contributed by atoms with Crippen molar-refractivity contribution >= 4 is 15.9 Å². The molecule has 0 radical (unpaired) electrons. The van der Waals surface area contributed by atoms with E-state index >= 15 is 0 Å². The van der Waals surface area contributed by atoms with Crippen LogP contribution in [0.25, 0.3) is 0 Å². The molecule has 0 spiro atoms. The summed E-state index contributed by atoms with van der Waals surface area (Å²) in [5.41, 5.74) is 2.26. The van der Waals surface area contributed by atoms with Crippen LogP contribution < -0.4 is 0 Å². The minimum atomic E-state index is -0.695. The molecule has 0 aliphatic rings. The molecule has 2 aromatic rings. The lowest BCUT2D eigenvalue weighted by molar-refractivity contribution is 0.114. The zero-order chi connectivity index (χ0) is 15.5. The van der Waals surface area contributed by atoms with Crippen molar-refractivity contribution in [2.75, 3.05) is 13.2 Å². The summed E-state index contributed by atoms with van der Waals surface area (Å²) in [4.78, 5) is 0. The first kappa shape index (κ1) is 16.2. The van der Waals surface area contributed by atoms with Gasteiger partial charge in [-0.1, -0.05) is 35.0 Å². The molecule has 1 heterocycles. The third kappa shape index (κ3) is 3.36. The zero-order valence-corrected chi connectivity index (χ0v) is 14.0. The van der Waals surface area contributed by atoms with Gasteiger partial charge in [-0.3, -0.25) is 4.68 Å². The third-order valence-corrected chi connectivity index (χ3v) is 4.50. The Kier molecular flexibility index (Phi) is 5.19. The van der Waals surface area contributed by atoms with Crippen LogP contribution in [0.15, 0.2) is 34.8 Å². The Morgan fingerprint density at radius 3 is 2.29 bits per heavy atom. The van der Waals surface area contributed by atoms with E-state index in [2.05, 4.69) is 28.0 Å². The maximum absolute atomic E-state index is 9.91. The second kappa shape index (κ2) is 6.73. The van der Waals surface area contributed by atoms with Crippen LogP contribution in [0.4, 0.5) is 0 Å². The Balaban J connectivity index is 2.37. The van der Waals surface area contributed by atoms with Crippen molar-refractivity contribution in [3.63, 3.8) is 0 Å². The molecule has 0 bridgehead atoms. The van der Waals surface area contributed by atoms with Gasteiger partial charge in [0.1, 0.15) is 0 Å². The van der Waals surface area contributed by atoms with Crippen LogP contribution in [-0.2, 0) is 25.3 Å². The number of nitrogens with zero attached hydrogens (tertiary/aromatic N) is 2. The standard InChI is InChI=1S/C16H21BrN2O2/c1-3-14-8-15(19(2)18-14)9-16(10-20,11-21)12-4-6-13(17)7-5-12/h4-8,20-21H,3,9-11H2,1-2H3. The summed E-state index contributed by atoms with van der Waals surface area (Å²) in [6.07, 6.45) is 1.42. The molecule has 0 amide bonds. The van der Waals surface area contributed by atoms with Gasteiger partial charge in [-0.2, -0.15) is 5.10 Å². The Hall–Kier alpha value is -1.17. The van der Waals surface area contributed by atoms with Gasteiger partial charge in [-0.25, -0.2) is 0 Å². The lowest BCUT2D eigenvalue weighted by atomic mass is 9.78. The number of hydrogen-bond donors (Lipinski definition) is 2. The first-order valence-corrected chi connectivity index (χ1v) is 7.83. The van der Waals surface area contributed by atoms with Gasteiger partial charge >= 0.3 is 0 Å². The van der Waals surface area contributed by atoms with Gasteiger partial charge in [0.15, 0.2) is 0 Å². The van der Waals surface area contributed by atoms with Gasteiger partial charge in [0.2, 0.25) is 0 Å². The molecule has 0 atom stereocenters. The number of aryl methyl sites for hydroxylation is 2. The average molecular weight is 353 g/mol. The molecule has 21 heavy (non-hydrogen) atoms. The Bertz CT molecular complexity index is 589. The van der Waals surface area contributed by atoms with Crippen molar-refractivity contribution in [3.05, 3.63) is 51.8 Å². The largest absolute Gasteiger partial charge is 0.395 e. The normalized spacial score (nSPS) is 11.9. The molecule has 0 saturated carbocycles. The van der Waals surface area contributed by atoms with E-state index in [4.69, 9.17) is 0 Å². The molecule has 0 aliphatic heterocycles. The van der Waals surface area contributed by atoms with Crippen molar-refractivity contribution in [1.29, 1.82) is 0 Å². The summed E-state index contributed by atoms with van der Waals surface area (Å²) >= 11 is 3.41. The van der Waals surface area contributed by atoms with Gasteiger partial charge in [0.05, 0.1) is 18.9 Å². The highest BCUT2D eigenvalue weighted by molar-refractivity contribution is 9.10. The molecule has 2 N–H and O–H groups in total. The second-order valence-electron chi connectivity index (χ2n) is 5.38. The summed E-state index contributed by atoms with van der Waals surface area (Å²) in [5, 5.41) is 24.3. The van der Waals surface area contributed by atoms with Gasteiger partial charge in [-0.15, -0.1) is 0 Å². The minimum Gasteiger partial charge on any atom is -0.395 e. The lowest BCUT2D eigenvalue weighted by Gasteiger charge is -2.30. The highest BCUT2D eigenvalue weighted by Crippen LogP contribution is 2.29. The average Bonchev–Trinajstić information content (AvgIpc) is 2.86. The van der Waals surface area contributed by atoms with E-state index in [9.17, 15) is 10.2 Å². The molecule has 0 fully saturated rings. The fourth-order valence-electron chi connectivity index (χ4n) is 2.51. The van der Waals surface area contributed by atoms with Crippen molar-refractivity contribution < 1.29 is 10.2 Å². The van der Waals surface area contributed by atoms with Crippen LogP contribution in [0.3, 0.4) is 0 Å². The number of aliphatic hydroxyl groups is 2. The Labute approximate surface area is 133 Å². The van der Waals surface area contributed by atoms with E-state index in [1.807, 2.05) is 42.1 Å². The predicted molar refractivity (Wildman–Crippen MR) is 86.3 cm³/mol. The molecule has 5 heteroatoms. The van der Waals surface area contributed by atoms with Gasteiger partial charge < -0.3 is 10.2 Å². The fraction of sp³-hybridized carbons (Fsp3) is 0.438. The van der Waals surface area contributed by atoms with E-state index in [1.165, 1.54) is 0 Å². The van der Waals surface area contributed by atoms with Gasteiger partial charge in [-0.05, 0) is 30.2 Å². The summed E-state index contributed by atoms with van der Waals surface area (Å²) in [6.45, 7) is 1.84. The maximum Gasteiger partial charge on any atom is 0.0624 e. The van der Waals surface area contributed by atoms with Crippen LogP contribution in [-0.4, -0.2) is 33.2 Å². The summed E-state index contributed by atoms with van der Waals surface area (Å²) in [7, 11) is 1.90. The van der Waals surface area contributed by atoms with E-state index in [0.29, 0.717) is 6.42 Å². The molecule has 2 rings (SSSR count). The van der Waals surface area contributed by atoms with Crippen LogP contribution in [0.2, 0.25) is 0 Å². The number of benzene rings is 1. The molecule has 4 nitrogen and oxygen atoms in total.